The SMILES string of the molecule is CC(C)/C1=C/SC/C=C\c2cccc(C(C)C)c21. The van der Waals surface area contributed by atoms with Crippen LogP contribution in [0.3, 0.4) is 0 Å². The Bertz CT molecular complexity index is 478. The van der Waals surface area contributed by atoms with Gasteiger partial charge in [-0.1, -0.05) is 58.0 Å². The van der Waals surface area contributed by atoms with E-state index in [1.54, 1.807) is 0 Å². The predicted octanol–water partition coefficient (Wildman–Crippen LogP) is 5.57. The van der Waals surface area contributed by atoms with Crippen LogP contribution in [0.5, 0.6) is 0 Å². The molecule has 0 nitrogen and oxygen atoms in total. The zero-order chi connectivity index (χ0) is 13.1. The average Bonchev–Trinajstić information content (AvgIpc) is 2.28. The van der Waals surface area contributed by atoms with E-state index < -0.39 is 0 Å². The molecule has 0 radical (unpaired) electrons. The Kier molecular flexibility index (Phi) is 4.34. The summed E-state index contributed by atoms with van der Waals surface area (Å²) in [4.78, 5) is 0. The number of hydrogen-bond donors (Lipinski definition) is 0. The molecule has 1 aliphatic rings. The lowest BCUT2D eigenvalue weighted by Crippen LogP contribution is -2.04. The minimum absolute atomic E-state index is 0.569. The van der Waals surface area contributed by atoms with Crippen molar-refractivity contribution in [2.24, 2.45) is 5.92 Å². The van der Waals surface area contributed by atoms with Gasteiger partial charge >= 0.3 is 0 Å². The van der Waals surface area contributed by atoms with Crippen LogP contribution in [0.15, 0.2) is 29.7 Å². The van der Waals surface area contributed by atoms with Gasteiger partial charge in [-0.2, -0.15) is 0 Å². The van der Waals surface area contributed by atoms with Crippen molar-refractivity contribution in [3.05, 3.63) is 46.4 Å². The fraction of sp³-hybridized carbons (Fsp3) is 0.412. The van der Waals surface area contributed by atoms with Crippen LogP contribution in [-0.2, 0) is 0 Å². The van der Waals surface area contributed by atoms with Crippen LogP contribution in [-0.4, -0.2) is 5.75 Å². The second kappa shape index (κ2) is 5.79. The van der Waals surface area contributed by atoms with E-state index in [0.717, 1.165) is 5.75 Å². The largest absolute Gasteiger partial charge is 0.130 e. The van der Waals surface area contributed by atoms with Gasteiger partial charge < -0.3 is 0 Å². The average molecular weight is 258 g/mol. The third-order valence-electron chi connectivity index (χ3n) is 3.36. The minimum atomic E-state index is 0.569. The predicted molar refractivity (Wildman–Crippen MR) is 84.8 cm³/mol. The van der Waals surface area contributed by atoms with Crippen molar-refractivity contribution in [3.63, 3.8) is 0 Å². The molecule has 1 heterocycles. The van der Waals surface area contributed by atoms with Crippen LogP contribution in [0.2, 0.25) is 0 Å². The molecule has 1 heteroatoms. The molecule has 0 aromatic heterocycles. The first-order valence-corrected chi connectivity index (χ1v) is 7.77. The first-order chi connectivity index (χ1) is 8.61. The van der Waals surface area contributed by atoms with Crippen LogP contribution >= 0.6 is 11.8 Å². The Morgan fingerprint density at radius 2 is 1.83 bits per heavy atom. The summed E-state index contributed by atoms with van der Waals surface area (Å²) in [5, 5.41) is 2.36. The molecule has 1 aromatic carbocycles. The molecule has 0 aliphatic carbocycles. The van der Waals surface area contributed by atoms with Crippen LogP contribution in [0.25, 0.3) is 11.6 Å². The topological polar surface area (TPSA) is 0 Å². The van der Waals surface area contributed by atoms with Crippen LogP contribution in [0.1, 0.15) is 50.3 Å². The summed E-state index contributed by atoms with van der Waals surface area (Å²) < 4.78 is 0. The van der Waals surface area contributed by atoms with E-state index in [1.165, 1.54) is 22.3 Å². The summed E-state index contributed by atoms with van der Waals surface area (Å²) >= 11 is 1.90. The van der Waals surface area contributed by atoms with Gasteiger partial charge in [0.15, 0.2) is 0 Å². The Labute approximate surface area is 115 Å². The van der Waals surface area contributed by atoms with Gasteiger partial charge in [-0.3, -0.25) is 0 Å². The third-order valence-corrected chi connectivity index (χ3v) is 4.17. The quantitative estimate of drug-likeness (QED) is 0.668. The molecule has 2 rings (SSSR count). The lowest BCUT2D eigenvalue weighted by molar-refractivity contribution is 0.830. The molecule has 1 aromatic rings. The Hall–Kier alpha value is -0.950. The zero-order valence-corrected chi connectivity index (χ0v) is 12.6. The van der Waals surface area contributed by atoms with Crippen molar-refractivity contribution < 1.29 is 0 Å². The molecule has 96 valence electrons. The fourth-order valence-electron chi connectivity index (χ4n) is 2.39. The lowest BCUT2D eigenvalue weighted by Gasteiger charge is -2.22. The molecule has 0 amide bonds. The summed E-state index contributed by atoms with van der Waals surface area (Å²) in [5.74, 6) is 2.21. The van der Waals surface area contributed by atoms with E-state index in [0.29, 0.717) is 11.8 Å². The molecule has 1 aliphatic heterocycles. The van der Waals surface area contributed by atoms with Crippen LogP contribution < -0.4 is 0 Å². The highest BCUT2D eigenvalue weighted by Gasteiger charge is 2.17. The van der Waals surface area contributed by atoms with Crippen LogP contribution in [0, 0.1) is 5.92 Å². The van der Waals surface area contributed by atoms with Gasteiger partial charge in [-0.25, -0.2) is 0 Å². The number of fused-ring (bicyclic) bond motifs is 1. The second-order valence-electron chi connectivity index (χ2n) is 5.43. The van der Waals surface area contributed by atoms with E-state index in [-0.39, 0.29) is 0 Å². The van der Waals surface area contributed by atoms with E-state index in [4.69, 9.17) is 0 Å². The van der Waals surface area contributed by atoms with Crippen molar-refractivity contribution in [2.75, 3.05) is 5.75 Å². The van der Waals surface area contributed by atoms with Crippen molar-refractivity contribution in [1.82, 2.24) is 0 Å². The first-order valence-electron chi connectivity index (χ1n) is 6.72. The molecular weight excluding hydrogens is 236 g/mol. The minimum Gasteiger partial charge on any atom is -0.130 e. The summed E-state index contributed by atoms with van der Waals surface area (Å²) in [6.07, 6.45) is 4.55. The van der Waals surface area contributed by atoms with Crippen LogP contribution in [0.4, 0.5) is 0 Å². The van der Waals surface area contributed by atoms with Gasteiger partial charge in [-0.15, -0.1) is 11.8 Å². The smallest absolute Gasteiger partial charge is 0.0158 e. The second-order valence-corrected chi connectivity index (χ2v) is 6.33. The van der Waals surface area contributed by atoms with Gasteiger partial charge in [0.05, 0.1) is 0 Å². The van der Waals surface area contributed by atoms with E-state index in [9.17, 15) is 0 Å². The summed E-state index contributed by atoms with van der Waals surface area (Å²) in [6.45, 7) is 9.14. The maximum absolute atomic E-state index is 2.36. The maximum atomic E-state index is 2.36. The molecule has 18 heavy (non-hydrogen) atoms. The van der Waals surface area contributed by atoms with Gasteiger partial charge in [0.25, 0.3) is 0 Å². The maximum Gasteiger partial charge on any atom is 0.0158 e. The zero-order valence-electron chi connectivity index (χ0n) is 11.7. The highest BCUT2D eigenvalue weighted by Crippen LogP contribution is 2.36. The van der Waals surface area contributed by atoms with Gasteiger partial charge in [0.2, 0.25) is 0 Å². The Balaban J connectivity index is 2.67. The Morgan fingerprint density at radius 1 is 1.06 bits per heavy atom. The highest BCUT2D eigenvalue weighted by molar-refractivity contribution is 8.02. The summed E-state index contributed by atoms with van der Waals surface area (Å²) in [6, 6.07) is 6.70. The number of rotatable bonds is 2. The number of thioether (sulfide) groups is 1. The summed E-state index contributed by atoms with van der Waals surface area (Å²) in [5.41, 5.74) is 5.80. The molecule has 0 unspecified atom stereocenters. The fourth-order valence-corrected chi connectivity index (χ4v) is 3.27. The molecule has 0 atom stereocenters. The van der Waals surface area contributed by atoms with Crippen molar-refractivity contribution >= 4 is 23.4 Å². The molecule has 0 saturated heterocycles. The number of allylic oxidation sites excluding steroid dienone is 1. The molecule has 0 fully saturated rings. The number of benzene rings is 1. The van der Waals surface area contributed by atoms with Gasteiger partial charge in [0, 0.05) is 5.75 Å². The molecule has 0 spiro atoms. The van der Waals surface area contributed by atoms with Crippen molar-refractivity contribution in [2.45, 2.75) is 33.6 Å². The molecular formula is C17H22S. The van der Waals surface area contributed by atoms with Gasteiger partial charge in [-0.05, 0) is 39.5 Å². The first kappa shape index (κ1) is 13.5. The third kappa shape index (κ3) is 2.72. The highest BCUT2D eigenvalue weighted by atomic mass is 32.2. The van der Waals surface area contributed by atoms with E-state index in [1.807, 2.05) is 11.8 Å². The lowest BCUT2D eigenvalue weighted by atomic mass is 9.85. The standard InChI is InChI=1S/C17H22S/c1-12(2)15-9-5-7-14-8-6-10-18-11-16(13(3)4)17(14)15/h5-9,11-13H,10H2,1-4H3/b8-6-,16-11-. The normalized spacial score (nSPS) is 20.0. The monoisotopic (exact) mass is 258 g/mol. The number of hydrogen-bond acceptors (Lipinski definition) is 1. The molecule has 0 saturated carbocycles. The van der Waals surface area contributed by atoms with Crippen molar-refractivity contribution in [3.8, 4) is 0 Å². The van der Waals surface area contributed by atoms with E-state index >= 15 is 0 Å². The Morgan fingerprint density at radius 3 is 2.50 bits per heavy atom. The summed E-state index contributed by atoms with van der Waals surface area (Å²) in [7, 11) is 0. The van der Waals surface area contributed by atoms with E-state index in [2.05, 4.69) is 63.5 Å². The van der Waals surface area contributed by atoms with Gasteiger partial charge in [0.1, 0.15) is 0 Å². The molecule has 0 bridgehead atoms. The van der Waals surface area contributed by atoms with Crippen molar-refractivity contribution in [1.29, 1.82) is 0 Å². The molecule has 0 N–H and O–H groups in total.